The molecule has 0 saturated heterocycles. The van der Waals surface area contributed by atoms with Gasteiger partial charge in [0.15, 0.2) is 0 Å². The SMILES string of the molecule is CC(C)CCNC(=O)C(C)(C)C(=O)NCc1ccc(Cl)cc1. The Hall–Kier alpha value is -1.55. The third-order valence-electron chi connectivity index (χ3n) is 3.51. The average molecular weight is 325 g/mol. The molecule has 122 valence electrons. The Balaban J connectivity index is 2.50. The van der Waals surface area contributed by atoms with E-state index in [0.717, 1.165) is 12.0 Å². The maximum atomic E-state index is 12.2. The average Bonchev–Trinajstić information content (AvgIpc) is 2.45. The molecule has 2 N–H and O–H groups in total. The number of hydrogen-bond donors (Lipinski definition) is 2. The van der Waals surface area contributed by atoms with Gasteiger partial charge >= 0.3 is 0 Å². The van der Waals surface area contributed by atoms with E-state index in [1.54, 1.807) is 26.0 Å². The van der Waals surface area contributed by atoms with Crippen molar-refractivity contribution in [2.24, 2.45) is 11.3 Å². The Morgan fingerprint density at radius 2 is 1.64 bits per heavy atom. The maximum absolute atomic E-state index is 12.2. The lowest BCUT2D eigenvalue weighted by molar-refractivity contribution is -0.141. The van der Waals surface area contributed by atoms with Gasteiger partial charge in [0.2, 0.25) is 11.8 Å². The third kappa shape index (κ3) is 5.68. The van der Waals surface area contributed by atoms with Crippen LogP contribution in [0.25, 0.3) is 0 Å². The van der Waals surface area contributed by atoms with Crippen molar-refractivity contribution in [3.63, 3.8) is 0 Å². The maximum Gasteiger partial charge on any atom is 0.235 e. The van der Waals surface area contributed by atoms with Gasteiger partial charge in [-0.05, 0) is 43.9 Å². The van der Waals surface area contributed by atoms with Crippen molar-refractivity contribution in [2.45, 2.75) is 40.7 Å². The van der Waals surface area contributed by atoms with Crippen molar-refractivity contribution >= 4 is 23.4 Å². The highest BCUT2D eigenvalue weighted by Gasteiger charge is 2.35. The first kappa shape index (κ1) is 18.5. The zero-order valence-corrected chi connectivity index (χ0v) is 14.5. The predicted octanol–water partition coefficient (Wildman–Crippen LogP) is 3.14. The van der Waals surface area contributed by atoms with Gasteiger partial charge in [0.25, 0.3) is 0 Å². The van der Waals surface area contributed by atoms with Crippen LogP contribution in [-0.4, -0.2) is 18.4 Å². The number of carbonyl (C=O) groups excluding carboxylic acids is 2. The van der Waals surface area contributed by atoms with Gasteiger partial charge in [-0.2, -0.15) is 0 Å². The van der Waals surface area contributed by atoms with Crippen LogP contribution in [0.4, 0.5) is 0 Å². The molecule has 2 amide bonds. The number of nitrogens with one attached hydrogen (secondary N) is 2. The normalized spacial score (nSPS) is 11.4. The molecule has 1 aromatic rings. The fourth-order valence-electron chi connectivity index (χ4n) is 1.80. The zero-order chi connectivity index (χ0) is 16.8. The van der Waals surface area contributed by atoms with E-state index in [2.05, 4.69) is 24.5 Å². The smallest absolute Gasteiger partial charge is 0.235 e. The topological polar surface area (TPSA) is 58.2 Å². The van der Waals surface area contributed by atoms with E-state index in [4.69, 9.17) is 11.6 Å². The Morgan fingerprint density at radius 1 is 1.09 bits per heavy atom. The Kier molecular flexibility index (Phi) is 6.88. The molecule has 1 rings (SSSR count). The molecule has 22 heavy (non-hydrogen) atoms. The summed E-state index contributed by atoms with van der Waals surface area (Å²) in [5.74, 6) is -0.0200. The Morgan fingerprint density at radius 3 is 2.18 bits per heavy atom. The van der Waals surface area contributed by atoms with Crippen LogP contribution in [0.3, 0.4) is 0 Å². The minimum absolute atomic E-state index is 0.248. The molecule has 0 aliphatic rings. The minimum Gasteiger partial charge on any atom is -0.355 e. The first-order valence-corrected chi connectivity index (χ1v) is 7.92. The molecule has 0 spiro atoms. The van der Waals surface area contributed by atoms with Gasteiger partial charge in [0, 0.05) is 18.1 Å². The van der Waals surface area contributed by atoms with E-state index < -0.39 is 5.41 Å². The van der Waals surface area contributed by atoms with Crippen molar-refractivity contribution in [3.8, 4) is 0 Å². The van der Waals surface area contributed by atoms with E-state index in [1.807, 2.05) is 12.1 Å². The lowest BCUT2D eigenvalue weighted by Crippen LogP contribution is -2.47. The second kappa shape index (κ2) is 8.18. The summed E-state index contributed by atoms with van der Waals surface area (Å²) in [6.45, 7) is 8.42. The van der Waals surface area contributed by atoms with Gasteiger partial charge < -0.3 is 10.6 Å². The summed E-state index contributed by atoms with van der Waals surface area (Å²) >= 11 is 5.82. The molecule has 4 nitrogen and oxygen atoms in total. The monoisotopic (exact) mass is 324 g/mol. The molecule has 0 aliphatic carbocycles. The van der Waals surface area contributed by atoms with Crippen LogP contribution in [0.1, 0.15) is 39.7 Å². The quantitative estimate of drug-likeness (QED) is 0.757. The lowest BCUT2D eigenvalue weighted by atomic mass is 9.91. The summed E-state index contributed by atoms with van der Waals surface area (Å²) < 4.78 is 0. The standard InChI is InChI=1S/C17H25ClN2O2/c1-12(2)9-10-19-15(21)17(3,4)16(22)20-11-13-5-7-14(18)8-6-13/h5-8,12H,9-11H2,1-4H3,(H,19,21)(H,20,22). The first-order chi connectivity index (χ1) is 10.2. The lowest BCUT2D eigenvalue weighted by Gasteiger charge is -2.23. The second-order valence-corrected chi connectivity index (χ2v) is 6.81. The van der Waals surface area contributed by atoms with Gasteiger partial charge in [-0.15, -0.1) is 0 Å². The molecular formula is C17H25ClN2O2. The van der Waals surface area contributed by atoms with Crippen molar-refractivity contribution < 1.29 is 9.59 Å². The first-order valence-electron chi connectivity index (χ1n) is 7.54. The summed E-state index contributed by atoms with van der Waals surface area (Å²) in [4.78, 5) is 24.4. The van der Waals surface area contributed by atoms with Crippen LogP contribution in [-0.2, 0) is 16.1 Å². The van der Waals surface area contributed by atoms with E-state index in [1.165, 1.54) is 0 Å². The molecular weight excluding hydrogens is 300 g/mol. The highest BCUT2D eigenvalue weighted by atomic mass is 35.5. The van der Waals surface area contributed by atoms with Crippen molar-refractivity contribution in [2.75, 3.05) is 6.54 Å². The van der Waals surface area contributed by atoms with Gasteiger partial charge in [-0.1, -0.05) is 37.6 Å². The van der Waals surface area contributed by atoms with Crippen LogP contribution >= 0.6 is 11.6 Å². The number of halogens is 1. The van der Waals surface area contributed by atoms with E-state index in [0.29, 0.717) is 24.0 Å². The molecule has 0 atom stereocenters. The zero-order valence-electron chi connectivity index (χ0n) is 13.7. The summed E-state index contributed by atoms with van der Waals surface area (Å²) in [6, 6.07) is 7.23. The van der Waals surface area contributed by atoms with E-state index >= 15 is 0 Å². The number of amides is 2. The highest BCUT2D eigenvalue weighted by Crippen LogP contribution is 2.16. The Labute approximate surface area is 137 Å². The largest absolute Gasteiger partial charge is 0.355 e. The van der Waals surface area contributed by atoms with Crippen molar-refractivity contribution in [1.29, 1.82) is 0 Å². The predicted molar refractivity (Wildman–Crippen MR) is 89.5 cm³/mol. The van der Waals surface area contributed by atoms with Crippen LogP contribution in [0.5, 0.6) is 0 Å². The molecule has 0 aromatic heterocycles. The minimum atomic E-state index is -1.09. The van der Waals surface area contributed by atoms with Crippen LogP contribution in [0.2, 0.25) is 5.02 Å². The van der Waals surface area contributed by atoms with Crippen LogP contribution in [0.15, 0.2) is 24.3 Å². The molecule has 0 fully saturated rings. The molecule has 0 unspecified atom stereocenters. The summed E-state index contributed by atoms with van der Waals surface area (Å²) in [5, 5.41) is 6.27. The highest BCUT2D eigenvalue weighted by molar-refractivity contribution is 6.30. The third-order valence-corrected chi connectivity index (χ3v) is 3.76. The molecule has 5 heteroatoms. The van der Waals surface area contributed by atoms with Gasteiger partial charge in [-0.3, -0.25) is 9.59 Å². The number of carbonyl (C=O) groups is 2. The van der Waals surface area contributed by atoms with Crippen molar-refractivity contribution in [3.05, 3.63) is 34.9 Å². The van der Waals surface area contributed by atoms with E-state index in [-0.39, 0.29) is 11.8 Å². The number of benzene rings is 1. The Bertz CT molecular complexity index is 510. The van der Waals surface area contributed by atoms with Crippen LogP contribution in [0, 0.1) is 11.3 Å². The number of rotatable bonds is 7. The summed E-state index contributed by atoms with van der Waals surface area (Å²) in [6.07, 6.45) is 0.897. The number of hydrogen-bond acceptors (Lipinski definition) is 2. The molecule has 0 bridgehead atoms. The molecule has 0 aliphatic heterocycles. The fraction of sp³-hybridized carbons (Fsp3) is 0.529. The van der Waals surface area contributed by atoms with Gasteiger partial charge in [0.05, 0.1) is 0 Å². The van der Waals surface area contributed by atoms with Gasteiger partial charge in [0.1, 0.15) is 5.41 Å². The van der Waals surface area contributed by atoms with Crippen molar-refractivity contribution in [1.82, 2.24) is 10.6 Å². The fourth-order valence-corrected chi connectivity index (χ4v) is 1.93. The molecule has 0 heterocycles. The van der Waals surface area contributed by atoms with E-state index in [9.17, 15) is 9.59 Å². The van der Waals surface area contributed by atoms with Gasteiger partial charge in [-0.25, -0.2) is 0 Å². The molecule has 1 aromatic carbocycles. The summed E-state index contributed by atoms with van der Waals surface area (Å²) in [5.41, 5.74) is -0.155. The molecule has 0 saturated carbocycles. The second-order valence-electron chi connectivity index (χ2n) is 6.37. The molecule has 0 radical (unpaired) electrons. The summed E-state index contributed by atoms with van der Waals surface area (Å²) in [7, 11) is 0. The van der Waals surface area contributed by atoms with Crippen LogP contribution < -0.4 is 10.6 Å².